The van der Waals surface area contributed by atoms with Gasteiger partial charge in [-0.2, -0.15) is 0 Å². The van der Waals surface area contributed by atoms with E-state index in [-0.39, 0.29) is 5.92 Å². The Morgan fingerprint density at radius 1 is 0.516 bits per heavy atom. The van der Waals surface area contributed by atoms with Crippen LogP contribution in [0.1, 0.15) is 102 Å². The van der Waals surface area contributed by atoms with Gasteiger partial charge in [0.05, 0.1) is 0 Å². The van der Waals surface area contributed by atoms with Gasteiger partial charge in [-0.15, -0.1) is 23.5 Å². The highest BCUT2D eigenvalue weighted by atomic mass is 32.2. The summed E-state index contributed by atoms with van der Waals surface area (Å²) in [6.45, 7) is 8.55. The number of aliphatic carboxylic acids is 3. The molecule has 0 saturated carbocycles. The standard InChI is InChI=1S/C26H24O2S.C24H22OS.C3H4O4/c1-17-3-9-20(10-4-17)23-16-29-24-15-18(2)5-13-22(24)26(23)21-11-6-19(7-12-21)8-14-25(27)28;1-16-3-8-19(9-4-16)22-15-26-23-13-17(2)5-12-21(23)24(22)20-10-6-18(14-25)7-11-20;4-2(5)1-3(6)7/h3-15,23,26H,16H2,1-2H3,(H,27,28);3-14,22,24H,15H2,1-2H3;1H2,(H,4,5)(H,6,7)/b14-8+;;. The lowest BCUT2D eigenvalue weighted by molar-refractivity contribution is -0.147. The second kappa shape index (κ2) is 21.1. The SMILES string of the molecule is Cc1ccc(C2CSc3cc(C)ccc3C2c2ccc(/C=C/C(=O)O)cc2)cc1.Cc1ccc(C2CSc3cc(C)ccc3C2c2ccc(C=O)cc2)cc1.O=C(O)CC(=O)O. The van der Waals surface area contributed by atoms with Crippen LogP contribution < -0.4 is 0 Å². The van der Waals surface area contributed by atoms with Crippen molar-refractivity contribution in [3.05, 3.63) is 206 Å². The van der Waals surface area contributed by atoms with E-state index in [4.69, 9.17) is 15.3 Å². The number of carbonyl (C=O) groups excluding carboxylic acids is 1. The van der Waals surface area contributed by atoms with Crippen molar-refractivity contribution in [3.63, 3.8) is 0 Å². The second-order valence-electron chi connectivity index (χ2n) is 15.8. The third-order valence-electron chi connectivity index (χ3n) is 11.1. The molecule has 0 fully saturated rings. The number of carbonyl (C=O) groups is 4. The van der Waals surface area contributed by atoms with Crippen LogP contribution in [0.5, 0.6) is 0 Å². The predicted octanol–water partition coefficient (Wildman–Crippen LogP) is 12.1. The van der Waals surface area contributed by atoms with Gasteiger partial charge < -0.3 is 15.3 Å². The fourth-order valence-corrected chi connectivity index (χ4v) is 10.7. The highest BCUT2D eigenvalue weighted by Crippen LogP contribution is 2.50. The average molecular weight is 863 g/mol. The molecule has 316 valence electrons. The maximum atomic E-state index is 11.0. The first kappa shape index (κ1) is 45.4. The number of fused-ring (bicyclic) bond motifs is 2. The maximum Gasteiger partial charge on any atom is 0.328 e. The fourth-order valence-electron chi connectivity index (χ4n) is 7.95. The number of thioether (sulfide) groups is 2. The minimum Gasteiger partial charge on any atom is -0.481 e. The number of hydrogen-bond donors (Lipinski definition) is 3. The molecule has 0 amide bonds. The summed E-state index contributed by atoms with van der Waals surface area (Å²) < 4.78 is 0. The molecule has 0 bridgehead atoms. The molecule has 4 unspecified atom stereocenters. The normalized spacial score (nSPS) is 17.5. The molecular weight excluding hydrogens is 813 g/mol. The Labute approximate surface area is 372 Å². The van der Waals surface area contributed by atoms with Crippen LogP contribution in [0.4, 0.5) is 0 Å². The van der Waals surface area contributed by atoms with Crippen LogP contribution in [-0.2, 0) is 14.4 Å². The van der Waals surface area contributed by atoms with Gasteiger partial charge in [-0.3, -0.25) is 14.4 Å². The number of aryl methyl sites for hydroxylation is 4. The van der Waals surface area contributed by atoms with Crippen LogP contribution in [0, 0.1) is 27.7 Å². The smallest absolute Gasteiger partial charge is 0.328 e. The van der Waals surface area contributed by atoms with Crippen molar-refractivity contribution in [1.82, 2.24) is 0 Å². The molecule has 62 heavy (non-hydrogen) atoms. The van der Waals surface area contributed by atoms with E-state index in [1.807, 2.05) is 47.8 Å². The molecule has 0 spiro atoms. The van der Waals surface area contributed by atoms with E-state index < -0.39 is 24.3 Å². The van der Waals surface area contributed by atoms with Gasteiger partial charge in [0.2, 0.25) is 0 Å². The van der Waals surface area contributed by atoms with Crippen LogP contribution in [-0.4, -0.2) is 51.0 Å². The summed E-state index contributed by atoms with van der Waals surface area (Å²) in [4.78, 5) is 43.4. The quantitative estimate of drug-likeness (QED) is 0.0739. The third kappa shape index (κ3) is 11.8. The van der Waals surface area contributed by atoms with Crippen molar-refractivity contribution in [2.75, 3.05) is 11.5 Å². The van der Waals surface area contributed by atoms with E-state index in [1.165, 1.54) is 71.5 Å². The largest absolute Gasteiger partial charge is 0.481 e. The summed E-state index contributed by atoms with van der Waals surface area (Å²) in [7, 11) is 0. The number of carboxylic acids is 3. The molecule has 2 aliphatic heterocycles. The van der Waals surface area contributed by atoms with Gasteiger partial charge >= 0.3 is 17.9 Å². The number of aldehydes is 1. The Morgan fingerprint density at radius 2 is 0.887 bits per heavy atom. The third-order valence-corrected chi connectivity index (χ3v) is 13.5. The summed E-state index contributed by atoms with van der Waals surface area (Å²) in [5, 5.41) is 24.3. The van der Waals surface area contributed by atoms with Crippen molar-refractivity contribution >= 4 is 53.8 Å². The van der Waals surface area contributed by atoms with Crippen LogP contribution >= 0.6 is 23.5 Å². The Kier molecular flexibility index (Phi) is 15.4. The molecule has 2 heterocycles. The van der Waals surface area contributed by atoms with Gasteiger partial charge in [-0.25, -0.2) is 4.79 Å². The molecule has 2 aliphatic rings. The molecule has 0 aromatic heterocycles. The van der Waals surface area contributed by atoms with Crippen LogP contribution in [0.25, 0.3) is 6.08 Å². The summed E-state index contributed by atoms with van der Waals surface area (Å²) in [5.41, 5.74) is 14.9. The second-order valence-corrected chi connectivity index (χ2v) is 17.9. The zero-order valence-electron chi connectivity index (χ0n) is 35.2. The van der Waals surface area contributed by atoms with Crippen LogP contribution in [0.2, 0.25) is 0 Å². The highest BCUT2D eigenvalue weighted by molar-refractivity contribution is 7.99. The zero-order valence-corrected chi connectivity index (χ0v) is 36.8. The number of carboxylic acid groups (broad SMARTS) is 3. The number of rotatable bonds is 9. The number of benzene rings is 6. The first-order valence-electron chi connectivity index (χ1n) is 20.4. The van der Waals surface area contributed by atoms with Crippen molar-refractivity contribution in [2.45, 2.75) is 67.6 Å². The average Bonchev–Trinajstić information content (AvgIpc) is 3.25. The molecule has 6 aromatic rings. The summed E-state index contributed by atoms with van der Waals surface area (Å²) in [6.07, 6.45) is 2.92. The van der Waals surface area contributed by atoms with E-state index >= 15 is 0 Å². The van der Waals surface area contributed by atoms with Gasteiger partial charge in [0.15, 0.2) is 0 Å². The van der Waals surface area contributed by atoms with E-state index in [9.17, 15) is 19.2 Å². The molecule has 7 nitrogen and oxygen atoms in total. The van der Waals surface area contributed by atoms with Crippen molar-refractivity contribution in [1.29, 1.82) is 0 Å². The van der Waals surface area contributed by atoms with Gasteiger partial charge in [-0.05, 0) is 96.0 Å². The lowest BCUT2D eigenvalue weighted by Gasteiger charge is -2.34. The molecular formula is C53H50O7S2. The van der Waals surface area contributed by atoms with E-state index in [1.54, 1.807) is 6.08 Å². The Hall–Kier alpha value is -6.16. The summed E-state index contributed by atoms with van der Waals surface area (Å²) in [6, 6.07) is 47.9. The fraction of sp³-hybridized carbons (Fsp3) is 0.208. The minimum atomic E-state index is -1.31. The van der Waals surface area contributed by atoms with Gasteiger partial charge in [0.25, 0.3) is 0 Å². The lowest BCUT2D eigenvalue weighted by atomic mass is 9.77. The Morgan fingerprint density at radius 3 is 1.24 bits per heavy atom. The van der Waals surface area contributed by atoms with E-state index in [0.29, 0.717) is 17.8 Å². The molecule has 0 radical (unpaired) electrons. The van der Waals surface area contributed by atoms with E-state index in [0.717, 1.165) is 28.9 Å². The summed E-state index contributed by atoms with van der Waals surface area (Å²) in [5.74, 6) is -0.0108. The summed E-state index contributed by atoms with van der Waals surface area (Å²) >= 11 is 3.91. The lowest BCUT2D eigenvalue weighted by Crippen LogP contribution is -2.20. The molecule has 0 aliphatic carbocycles. The zero-order chi connectivity index (χ0) is 44.3. The first-order chi connectivity index (χ1) is 29.8. The van der Waals surface area contributed by atoms with Crippen molar-refractivity contribution < 1.29 is 34.5 Å². The molecule has 0 saturated heterocycles. The minimum absolute atomic E-state index is 0.284. The predicted molar refractivity (Wildman–Crippen MR) is 250 cm³/mol. The topological polar surface area (TPSA) is 129 Å². The molecule has 4 atom stereocenters. The highest BCUT2D eigenvalue weighted by Gasteiger charge is 2.34. The van der Waals surface area contributed by atoms with E-state index in [2.05, 4.69) is 137 Å². The number of hydrogen-bond acceptors (Lipinski definition) is 6. The van der Waals surface area contributed by atoms with Gasteiger partial charge in [-0.1, -0.05) is 132 Å². The molecule has 8 rings (SSSR count). The van der Waals surface area contributed by atoms with Gasteiger partial charge in [0.1, 0.15) is 12.7 Å². The first-order valence-corrected chi connectivity index (χ1v) is 22.4. The maximum absolute atomic E-state index is 11.0. The Balaban J connectivity index is 0.000000180. The Bertz CT molecular complexity index is 2530. The van der Waals surface area contributed by atoms with Crippen LogP contribution in [0.3, 0.4) is 0 Å². The van der Waals surface area contributed by atoms with Crippen molar-refractivity contribution in [3.8, 4) is 0 Å². The monoisotopic (exact) mass is 862 g/mol. The molecule has 6 aromatic carbocycles. The van der Waals surface area contributed by atoms with Crippen LogP contribution in [0.15, 0.2) is 149 Å². The van der Waals surface area contributed by atoms with Crippen molar-refractivity contribution in [2.24, 2.45) is 0 Å². The van der Waals surface area contributed by atoms with Gasteiger partial charge in [0, 0.05) is 56.6 Å². The molecule has 3 N–H and O–H groups in total. The molecule has 9 heteroatoms.